The number of aromatic nitrogens is 2. The van der Waals surface area contributed by atoms with Crippen molar-refractivity contribution in [3.8, 4) is 0 Å². The number of anilines is 1. The molecular weight excluding hydrogens is 271 g/mol. The van der Waals surface area contributed by atoms with Crippen LogP contribution in [-0.4, -0.2) is 42.9 Å². The number of hydrogen-bond donors (Lipinski definition) is 0. The highest BCUT2D eigenvalue weighted by molar-refractivity contribution is 6.21. The van der Waals surface area contributed by atoms with Gasteiger partial charge in [0.25, 0.3) is 0 Å². The molecule has 1 rings (SSSR count). The average Bonchev–Trinajstić information content (AvgIpc) is 2.28. The third-order valence-electron chi connectivity index (χ3n) is 2.15. The number of ether oxygens (including phenoxy) is 1. The summed E-state index contributed by atoms with van der Waals surface area (Å²) < 4.78 is 41.7. The standard InChI is InChI=1S/C10H13ClF3N3O/c1-17(5-7(11)6-18-2)9-4-3-8(15-16-9)10(12,13)14/h3-4,7H,5-6H2,1-2H3. The van der Waals surface area contributed by atoms with Crippen LogP contribution in [0.4, 0.5) is 19.0 Å². The molecule has 0 radical (unpaired) electrons. The van der Waals surface area contributed by atoms with Gasteiger partial charge < -0.3 is 9.64 Å². The molecule has 1 aromatic heterocycles. The summed E-state index contributed by atoms with van der Waals surface area (Å²) in [5.41, 5.74) is -1.01. The Morgan fingerprint density at radius 2 is 2.06 bits per heavy atom. The fraction of sp³-hybridized carbons (Fsp3) is 0.600. The summed E-state index contributed by atoms with van der Waals surface area (Å²) in [6, 6.07) is 2.14. The van der Waals surface area contributed by atoms with Crippen LogP contribution in [0.5, 0.6) is 0 Å². The van der Waals surface area contributed by atoms with Crippen molar-refractivity contribution >= 4 is 17.4 Å². The Morgan fingerprint density at radius 1 is 1.39 bits per heavy atom. The van der Waals surface area contributed by atoms with Gasteiger partial charge in [-0.05, 0) is 12.1 Å². The number of halogens is 4. The van der Waals surface area contributed by atoms with Gasteiger partial charge in [0.1, 0.15) is 0 Å². The van der Waals surface area contributed by atoms with E-state index in [1.807, 2.05) is 0 Å². The lowest BCUT2D eigenvalue weighted by Gasteiger charge is -2.20. The molecule has 1 atom stereocenters. The molecule has 4 nitrogen and oxygen atoms in total. The van der Waals surface area contributed by atoms with Gasteiger partial charge >= 0.3 is 6.18 Å². The van der Waals surface area contributed by atoms with Gasteiger partial charge in [-0.15, -0.1) is 21.8 Å². The second kappa shape index (κ2) is 6.19. The SMILES string of the molecule is COCC(Cl)CN(C)c1ccc(C(F)(F)F)nn1. The molecule has 1 heterocycles. The van der Waals surface area contributed by atoms with E-state index in [2.05, 4.69) is 10.2 Å². The van der Waals surface area contributed by atoms with Crippen LogP contribution in [0.3, 0.4) is 0 Å². The van der Waals surface area contributed by atoms with Crippen molar-refractivity contribution in [1.82, 2.24) is 10.2 Å². The van der Waals surface area contributed by atoms with Crippen molar-refractivity contribution in [1.29, 1.82) is 0 Å². The lowest BCUT2D eigenvalue weighted by atomic mass is 10.3. The first-order chi connectivity index (χ1) is 8.34. The Labute approximate surface area is 108 Å². The quantitative estimate of drug-likeness (QED) is 0.777. The minimum absolute atomic E-state index is 0.274. The van der Waals surface area contributed by atoms with Gasteiger partial charge in [-0.1, -0.05) is 0 Å². The van der Waals surface area contributed by atoms with Crippen molar-refractivity contribution in [3.63, 3.8) is 0 Å². The number of nitrogens with zero attached hydrogens (tertiary/aromatic N) is 3. The van der Waals surface area contributed by atoms with E-state index in [1.165, 1.54) is 13.2 Å². The molecule has 0 bridgehead atoms. The van der Waals surface area contributed by atoms with E-state index in [4.69, 9.17) is 16.3 Å². The molecule has 1 unspecified atom stereocenters. The first-order valence-corrected chi connectivity index (χ1v) is 5.53. The highest BCUT2D eigenvalue weighted by Gasteiger charge is 2.33. The second-order valence-electron chi connectivity index (χ2n) is 3.71. The van der Waals surface area contributed by atoms with Crippen molar-refractivity contribution in [2.24, 2.45) is 0 Å². The molecule has 0 saturated heterocycles. The monoisotopic (exact) mass is 283 g/mol. The summed E-state index contributed by atoms with van der Waals surface area (Å²) in [6.45, 7) is 0.745. The van der Waals surface area contributed by atoms with E-state index in [1.54, 1.807) is 11.9 Å². The summed E-state index contributed by atoms with van der Waals surface area (Å²) >= 11 is 5.93. The normalized spacial score (nSPS) is 13.4. The minimum atomic E-state index is -4.48. The first-order valence-electron chi connectivity index (χ1n) is 5.09. The summed E-state index contributed by atoms with van der Waals surface area (Å²) in [5, 5.41) is 6.37. The lowest BCUT2D eigenvalue weighted by Crippen LogP contribution is -2.29. The van der Waals surface area contributed by atoms with Gasteiger partial charge in [-0.3, -0.25) is 0 Å². The Bertz CT molecular complexity index is 372. The number of methoxy groups -OCH3 is 1. The number of hydrogen-bond acceptors (Lipinski definition) is 4. The van der Waals surface area contributed by atoms with E-state index in [0.29, 0.717) is 19.0 Å². The van der Waals surface area contributed by atoms with Crippen LogP contribution in [0.25, 0.3) is 0 Å². The predicted molar refractivity (Wildman–Crippen MR) is 61.8 cm³/mol. The summed E-state index contributed by atoms with van der Waals surface area (Å²) in [5.74, 6) is 0.324. The van der Waals surface area contributed by atoms with E-state index >= 15 is 0 Å². The van der Waals surface area contributed by atoms with Crippen LogP contribution >= 0.6 is 11.6 Å². The second-order valence-corrected chi connectivity index (χ2v) is 4.32. The van der Waals surface area contributed by atoms with Crippen LogP contribution < -0.4 is 4.90 Å². The van der Waals surface area contributed by atoms with Crippen LogP contribution in [-0.2, 0) is 10.9 Å². The minimum Gasteiger partial charge on any atom is -0.383 e. The molecule has 0 N–H and O–H groups in total. The van der Waals surface area contributed by atoms with E-state index in [0.717, 1.165) is 6.07 Å². The number of alkyl halides is 4. The summed E-state index contributed by atoms with van der Waals surface area (Å²) in [4.78, 5) is 1.61. The maximum Gasteiger partial charge on any atom is 0.435 e. The van der Waals surface area contributed by atoms with E-state index in [9.17, 15) is 13.2 Å². The molecule has 18 heavy (non-hydrogen) atoms. The van der Waals surface area contributed by atoms with Crippen LogP contribution in [0.2, 0.25) is 0 Å². The van der Waals surface area contributed by atoms with Crippen molar-refractivity contribution in [3.05, 3.63) is 17.8 Å². The Kier molecular flexibility index (Phi) is 5.15. The fourth-order valence-corrected chi connectivity index (χ4v) is 1.64. The maximum absolute atomic E-state index is 12.3. The predicted octanol–water partition coefficient (Wildman–Crippen LogP) is 2.19. The van der Waals surface area contributed by atoms with Gasteiger partial charge in [-0.2, -0.15) is 13.2 Å². The van der Waals surface area contributed by atoms with Crippen molar-refractivity contribution in [2.75, 3.05) is 32.2 Å². The number of rotatable bonds is 5. The zero-order chi connectivity index (χ0) is 13.8. The third-order valence-corrected chi connectivity index (χ3v) is 2.42. The third kappa shape index (κ3) is 4.30. The Hall–Kier alpha value is -1.08. The van der Waals surface area contributed by atoms with Gasteiger partial charge in [0.15, 0.2) is 11.5 Å². The zero-order valence-corrected chi connectivity index (χ0v) is 10.7. The maximum atomic E-state index is 12.3. The molecule has 0 saturated carbocycles. The summed E-state index contributed by atoms with van der Waals surface area (Å²) in [6.07, 6.45) is -4.48. The van der Waals surface area contributed by atoms with Gasteiger partial charge in [0.05, 0.1) is 12.0 Å². The summed E-state index contributed by atoms with van der Waals surface area (Å²) in [7, 11) is 3.19. The van der Waals surface area contributed by atoms with Crippen molar-refractivity contribution < 1.29 is 17.9 Å². The van der Waals surface area contributed by atoms with E-state index in [-0.39, 0.29) is 5.38 Å². The molecule has 8 heteroatoms. The van der Waals surface area contributed by atoms with Gasteiger partial charge in [-0.25, -0.2) is 0 Å². The topological polar surface area (TPSA) is 38.2 Å². The van der Waals surface area contributed by atoms with Gasteiger partial charge in [0.2, 0.25) is 0 Å². The zero-order valence-electron chi connectivity index (χ0n) is 9.91. The molecule has 0 aliphatic rings. The molecule has 0 aromatic carbocycles. The van der Waals surface area contributed by atoms with E-state index < -0.39 is 11.9 Å². The molecular formula is C10H13ClF3N3O. The Balaban J connectivity index is 2.67. The first kappa shape index (κ1) is 15.0. The van der Waals surface area contributed by atoms with Gasteiger partial charge in [0, 0.05) is 20.7 Å². The lowest BCUT2D eigenvalue weighted by molar-refractivity contribution is -0.141. The molecule has 0 fully saturated rings. The van der Waals surface area contributed by atoms with Crippen LogP contribution in [0, 0.1) is 0 Å². The molecule has 1 aromatic rings. The average molecular weight is 284 g/mol. The fourth-order valence-electron chi connectivity index (χ4n) is 1.30. The smallest absolute Gasteiger partial charge is 0.383 e. The van der Waals surface area contributed by atoms with Crippen LogP contribution in [0.1, 0.15) is 5.69 Å². The molecule has 0 aliphatic carbocycles. The highest BCUT2D eigenvalue weighted by Crippen LogP contribution is 2.27. The molecule has 0 aliphatic heterocycles. The molecule has 0 amide bonds. The molecule has 102 valence electrons. The van der Waals surface area contributed by atoms with Crippen LogP contribution in [0.15, 0.2) is 12.1 Å². The highest BCUT2D eigenvalue weighted by atomic mass is 35.5. The Morgan fingerprint density at radius 3 is 2.50 bits per heavy atom. The molecule has 0 spiro atoms. The van der Waals surface area contributed by atoms with Crippen molar-refractivity contribution in [2.45, 2.75) is 11.6 Å². The largest absolute Gasteiger partial charge is 0.435 e.